The summed E-state index contributed by atoms with van der Waals surface area (Å²) in [6.07, 6.45) is 3.30. The van der Waals surface area contributed by atoms with E-state index in [-0.39, 0.29) is 0 Å². The molecule has 0 aliphatic carbocycles. The summed E-state index contributed by atoms with van der Waals surface area (Å²) >= 11 is 1.79. The van der Waals surface area contributed by atoms with Crippen molar-refractivity contribution in [1.82, 2.24) is 9.38 Å². The smallest absolute Gasteiger partial charge is 0.195 e. The Morgan fingerprint density at radius 1 is 1.24 bits per heavy atom. The zero-order valence-electron chi connectivity index (χ0n) is 10.2. The van der Waals surface area contributed by atoms with Crippen LogP contribution < -0.4 is 0 Å². The van der Waals surface area contributed by atoms with Gasteiger partial charge in [0.15, 0.2) is 4.96 Å². The fourth-order valence-electron chi connectivity index (χ4n) is 2.42. The van der Waals surface area contributed by atoms with Crippen LogP contribution in [-0.4, -0.2) is 9.38 Å². The summed E-state index contributed by atoms with van der Waals surface area (Å²) in [6, 6.07) is 8.56. The second-order valence-electron chi connectivity index (χ2n) is 4.30. The Bertz CT molecular complexity index is 663. The van der Waals surface area contributed by atoms with E-state index in [0.29, 0.717) is 0 Å². The van der Waals surface area contributed by atoms with Gasteiger partial charge in [-0.05, 0) is 25.0 Å². The number of nitrogens with zero attached hydrogens (tertiary/aromatic N) is 2. The standard InChI is InChI=1S/C14H16N2S/c1-3-7-10-11(4-2)16-12-8-5-6-9-13(12)17-14(16)15-10/h5-6,8-9H,3-4,7H2,1-2H3. The van der Waals surface area contributed by atoms with Gasteiger partial charge in [-0.15, -0.1) is 0 Å². The third-order valence-electron chi connectivity index (χ3n) is 3.15. The first-order valence-electron chi connectivity index (χ1n) is 6.22. The molecule has 0 bridgehead atoms. The number of hydrogen-bond acceptors (Lipinski definition) is 2. The van der Waals surface area contributed by atoms with Crippen molar-refractivity contribution in [1.29, 1.82) is 0 Å². The van der Waals surface area contributed by atoms with Crippen LogP contribution in [0.25, 0.3) is 15.2 Å². The molecule has 0 saturated heterocycles. The lowest BCUT2D eigenvalue weighted by Crippen LogP contribution is -1.94. The predicted molar refractivity (Wildman–Crippen MR) is 73.9 cm³/mol. The molecule has 88 valence electrons. The molecule has 0 spiro atoms. The van der Waals surface area contributed by atoms with E-state index in [9.17, 15) is 0 Å². The van der Waals surface area contributed by atoms with Crippen LogP contribution in [0.3, 0.4) is 0 Å². The molecule has 2 heterocycles. The van der Waals surface area contributed by atoms with Crippen LogP contribution >= 0.6 is 11.3 Å². The van der Waals surface area contributed by atoms with E-state index in [4.69, 9.17) is 4.98 Å². The Kier molecular flexibility index (Phi) is 2.63. The molecule has 3 heteroatoms. The van der Waals surface area contributed by atoms with Crippen molar-refractivity contribution in [3.8, 4) is 0 Å². The van der Waals surface area contributed by atoms with Crippen molar-refractivity contribution in [2.75, 3.05) is 0 Å². The van der Waals surface area contributed by atoms with Crippen molar-refractivity contribution in [3.05, 3.63) is 35.7 Å². The molecule has 0 atom stereocenters. The number of benzene rings is 1. The molecule has 17 heavy (non-hydrogen) atoms. The van der Waals surface area contributed by atoms with E-state index >= 15 is 0 Å². The highest BCUT2D eigenvalue weighted by molar-refractivity contribution is 7.23. The van der Waals surface area contributed by atoms with Gasteiger partial charge in [0, 0.05) is 5.69 Å². The largest absolute Gasteiger partial charge is 0.287 e. The molecule has 0 N–H and O–H groups in total. The highest BCUT2D eigenvalue weighted by atomic mass is 32.1. The average molecular weight is 244 g/mol. The third kappa shape index (κ3) is 1.57. The zero-order valence-corrected chi connectivity index (χ0v) is 11.0. The first-order chi connectivity index (χ1) is 8.35. The second-order valence-corrected chi connectivity index (χ2v) is 5.31. The summed E-state index contributed by atoms with van der Waals surface area (Å²) in [7, 11) is 0. The highest BCUT2D eigenvalue weighted by Crippen LogP contribution is 2.29. The van der Waals surface area contributed by atoms with Crippen molar-refractivity contribution < 1.29 is 0 Å². The molecular weight excluding hydrogens is 228 g/mol. The van der Waals surface area contributed by atoms with Crippen LogP contribution in [0.5, 0.6) is 0 Å². The maximum Gasteiger partial charge on any atom is 0.195 e. The number of fused-ring (bicyclic) bond motifs is 3. The first-order valence-corrected chi connectivity index (χ1v) is 7.04. The minimum Gasteiger partial charge on any atom is -0.287 e. The minimum absolute atomic E-state index is 1.05. The van der Waals surface area contributed by atoms with Gasteiger partial charge in [-0.3, -0.25) is 4.40 Å². The number of para-hydroxylation sites is 1. The molecule has 1 aromatic carbocycles. The average Bonchev–Trinajstić information content (AvgIpc) is 2.84. The summed E-state index contributed by atoms with van der Waals surface area (Å²) in [5.74, 6) is 0. The molecule has 0 radical (unpaired) electrons. The van der Waals surface area contributed by atoms with Gasteiger partial charge in [-0.25, -0.2) is 4.98 Å². The van der Waals surface area contributed by atoms with Crippen molar-refractivity contribution in [2.45, 2.75) is 33.1 Å². The van der Waals surface area contributed by atoms with Crippen LogP contribution in [0, 0.1) is 0 Å². The van der Waals surface area contributed by atoms with Crippen molar-refractivity contribution in [3.63, 3.8) is 0 Å². The molecule has 0 saturated carbocycles. The topological polar surface area (TPSA) is 17.3 Å². The van der Waals surface area contributed by atoms with E-state index in [0.717, 1.165) is 24.2 Å². The van der Waals surface area contributed by atoms with Crippen LogP contribution in [0.2, 0.25) is 0 Å². The van der Waals surface area contributed by atoms with Gasteiger partial charge in [0.05, 0.1) is 15.9 Å². The molecule has 2 nitrogen and oxygen atoms in total. The SMILES string of the molecule is CCCc1nc2sc3ccccc3n2c1CC. The van der Waals surface area contributed by atoms with E-state index in [1.165, 1.54) is 21.6 Å². The van der Waals surface area contributed by atoms with Crippen LogP contribution in [-0.2, 0) is 12.8 Å². The number of imidazole rings is 1. The van der Waals surface area contributed by atoms with Crippen molar-refractivity contribution >= 4 is 26.5 Å². The molecule has 0 aliphatic heterocycles. The molecule has 0 unspecified atom stereocenters. The Balaban J connectivity index is 2.36. The number of rotatable bonds is 3. The number of aryl methyl sites for hydroxylation is 2. The minimum atomic E-state index is 1.05. The Labute approximate surface area is 105 Å². The molecule has 0 aliphatic rings. The first kappa shape index (κ1) is 10.8. The lowest BCUT2D eigenvalue weighted by atomic mass is 10.2. The molecule has 2 aromatic heterocycles. The zero-order chi connectivity index (χ0) is 11.8. The second kappa shape index (κ2) is 4.15. The lowest BCUT2D eigenvalue weighted by molar-refractivity contribution is 0.863. The summed E-state index contributed by atoms with van der Waals surface area (Å²) < 4.78 is 3.66. The number of aromatic nitrogens is 2. The van der Waals surface area contributed by atoms with Crippen LogP contribution in [0.1, 0.15) is 31.7 Å². The van der Waals surface area contributed by atoms with Gasteiger partial charge >= 0.3 is 0 Å². The third-order valence-corrected chi connectivity index (χ3v) is 4.18. The number of thiazole rings is 1. The van der Waals surface area contributed by atoms with Gasteiger partial charge in [-0.1, -0.05) is 43.7 Å². The Morgan fingerprint density at radius 2 is 2.06 bits per heavy atom. The molecular formula is C14H16N2S. The van der Waals surface area contributed by atoms with E-state index in [1.54, 1.807) is 11.3 Å². The fourth-order valence-corrected chi connectivity index (χ4v) is 3.48. The summed E-state index contributed by atoms with van der Waals surface area (Å²) in [6.45, 7) is 4.43. The van der Waals surface area contributed by atoms with Gasteiger partial charge in [-0.2, -0.15) is 0 Å². The maximum atomic E-state index is 4.79. The summed E-state index contributed by atoms with van der Waals surface area (Å²) in [4.78, 5) is 5.94. The molecule has 3 rings (SSSR count). The Hall–Kier alpha value is -1.35. The fraction of sp³-hybridized carbons (Fsp3) is 0.357. The number of hydrogen-bond donors (Lipinski definition) is 0. The summed E-state index contributed by atoms with van der Waals surface area (Å²) in [5, 5.41) is 0. The molecule has 0 fully saturated rings. The van der Waals surface area contributed by atoms with E-state index in [1.807, 2.05) is 0 Å². The van der Waals surface area contributed by atoms with E-state index in [2.05, 4.69) is 42.5 Å². The Morgan fingerprint density at radius 3 is 2.82 bits per heavy atom. The highest BCUT2D eigenvalue weighted by Gasteiger charge is 2.14. The monoisotopic (exact) mass is 244 g/mol. The molecule has 0 amide bonds. The van der Waals surface area contributed by atoms with Gasteiger partial charge in [0.1, 0.15) is 0 Å². The predicted octanol–water partition coefficient (Wildman–Crippen LogP) is 4.06. The quantitative estimate of drug-likeness (QED) is 0.679. The van der Waals surface area contributed by atoms with Crippen molar-refractivity contribution in [2.24, 2.45) is 0 Å². The van der Waals surface area contributed by atoms with Gasteiger partial charge < -0.3 is 0 Å². The lowest BCUT2D eigenvalue weighted by Gasteiger charge is -2.00. The normalized spacial score (nSPS) is 11.6. The van der Waals surface area contributed by atoms with Gasteiger partial charge in [0.25, 0.3) is 0 Å². The summed E-state index contributed by atoms with van der Waals surface area (Å²) in [5.41, 5.74) is 3.98. The van der Waals surface area contributed by atoms with Crippen LogP contribution in [0.4, 0.5) is 0 Å². The van der Waals surface area contributed by atoms with Crippen LogP contribution in [0.15, 0.2) is 24.3 Å². The van der Waals surface area contributed by atoms with Gasteiger partial charge in [0.2, 0.25) is 0 Å². The maximum absolute atomic E-state index is 4.79. The molecule has 3 aromatic rings. The van der Waals surface area contributed by atoms with E-state index < -0.39 is 0 Å².